The molecule has 0 atom stereocenters. The molecule has 0 aliphatic rings. The normalized spacial score (nSPS) is 11.7. The summed E-state index contributed by atoms with van der Waals surface area (Å²) in [6.07, 6.45) is 0.121. The smallest absolute Gasteiger partial charge is 0.390 e. The van der Waals surface area contributed by atoms with Crippen LogP contribution in [0.25, 0.3) is 0 Å². The van der Waals surface area contributed by atoms with E-state index in [4.69, 9.17) is 0 Å². The van der Waals surface area contributed by atoms with Gasteiger partial charge in [0.05, 0.1) is 6.16 Å². The summed E-state index contributed by atoms with van der Waals surface area (Å²) in [4.78, 5) is 28.5. The maximum Gasteiger partial charge on any atom is 0.492 e. The molecule has 254 valence electrons. The van der Waals surface area contributed by atoms with Crippen LogP contribution in [0.15, 0.2) is 212 Å². The Kier molecular flexibility index (Phi) is 11.9. The molecule has 0 aliphatic carbocycles. The van der Waals surface area contributed by atoms with E-state index < -0.39 is 22.2 Å². The molecule has 0 unspecified atom stereocenters. The Morgan fingerprint density at radius 2 is 0.588 bits per heavy atom. The van der Waals surface area contributed by atoms with Crippen LogP contribution in [-0.2, 0) is 0 Å². The van der Waals surface area contributed by atoms with Crippen molar-refractivity contribution >= 4 is 60.0 Å². The van der Waals surface area contributed by atoms with Crippen molar-refractivity contribution in [1.82, 2.24) is 0 Å². The summed E-state index contributed by atoms with van der Waals surface area (Å²) in [5.74, 6) is 0. The highest BCUT2D eigenvalue weighted by atomic mass is 31.2. The fraction of sp³-hybridized carbons (Fsp3) is 0.0667. The summed E-state index contributed by atoms with van der Waals surface area (Å²) in [6, 6.07) is 74.9. The van der Waals surface area contributed by atoms with Gasteiger partial charge in [-0.05, 0) is 42.8 Å². The van der Waals surface area contributed by atoms with Gasteiger partial charge in [-0.15, -0.1) is 0 Å². The molecule has 0 amide bonds. The molecule has 51 heavy (non-hydrogen) atoms. The highest BCUT2D eigenvalue weighted by Gasteiger charge is 2.45. The molecule has 6 heteroatoms. The van der Waals surface area contributed by atoms with Gasteiger partial charge in [-0.3, -0.25) is 0 Å². The molecule has 0 aromatic heterocycles. The molecule has 0 fully saturated rings. The van der Waals surface area contributed by atoms with Gasteiger partial charge in [0.1, 0.15) is 29.3 Å². The Morgan fingerprint density at radius 1 is 0.353 bits per heavy atom. The van der Waals surface area contributed by atoms with Crippen LogP contribution in [0, 0.1) is 0 Å². The Labute approximate surface area is 304 Å². The molecule has 0 radical (unpaired) electrons. The lowest BCUT2D eigenvalue weighted by Gasteiger charge is -2.44. The minimum atomic E-state index is -4.04. The van der Waals surface area contributed by atoms with E-state index in [1.807, 2.05) is 18.2 Å². The lowest BCUT2D eigenvalue weighted by Crippen LogP contribution is -2.74. The SMILES string of the molecule is O[Si](O)(O)CCC[P+](c1ccccc1)(c1ccccc1)c1ccccc1.c1ccc([B-](c2ccccc2)(c2ccccc2)c2ccccc2)cc1. The van der Waals surface area contributed by atoms with Crippen LogP contribution < -0.4 is 37.8 Å². The lowest BCUT2D eigenvalue weighted by atomic mass is 9.13. The van der Waals surface area contributed by atoms with Crippen molar-refractivity contribution in [1.29, 1.82) is 0 Å². The first kappa shape index (κ1) is 35.9. The largest absolute Gasteiger partial charge is 0.492 e. The van der Waals surface area contributed by atoms with Crippen LogP contribution in [0.5, 0.6) is 0 Å². The quantitative estimate of drug-likeness (QED) is 0.126. The maximum absolute atomic E-state index is 9.49. The van der Waals surface area contributed by atoms with E-state index in [0.717, 1.165) is 6.16 Å². The van der Waals surface area contributed by atoms with E-state index >= 15 is 0 Å². The van der Waals surface area contributed by atoms with Gasteiger partial charge >= 0.3 is 8.80 Å². The molecule has 0 saturated heterocycles. The standard InChI is InChI=1S/C24H20B.C21H24O3PSi/c1-5-13-21(14-6-1)25(22-15-7-2-8-16-22,23-17-9-3-10-18-23)24-19-11-4-12-20-24;22-26(23,24)18-10-17-25(19-11-4-1-5-12-19,20-13-6-2-7-14-20)21-15-8-3-9-16-21/h1-20H;1-9,11-16,22-24H,10,17-18H2/q-1;+1. The van der Waals surface area contributed by atoms with E-state index in [2.05, 4.69) is 194 Å². The molecule has 0 spiro atoms. The molecule has 0 bridgehead atoms. The first-order valence-electron chi connectivity index (χ1n) is 17.5. The van der Waals surface area contributed by atoms with Crippen LogP contribution in [0.4, 0.5) is 0 Å². The summed E-state index contributed by atoms with van der Waals surface area (Å²) >= 11 is 0. The fourth-order valence-corrected chi connectivity index (χ4v) is 12.9. The van der Waals surface area contributed by atoms with Crippen molar-refractivity contribution in [2.75, 3.05) is 6.16 Å². The summed E-state index contributed by atoms with van der Waals surface area (Å²) in [7, 11) is -5.99. The third-order valence-electron chi connectivity index (χ3n) is 9.79. The zero-order chi connectivity index (χ0) is 35.4. The van der Waals surface area contributed by atoms with E-state index in [-0.39, 0.29) is 6.04 Å². The Balaban J connectivity index is 0.000000176. The average molecular weight is 703 g/mol. The molecule has 7 rings (SSSR count). The second-order valence-corrected chi connectivity index (χ2v) is 18.6. The zero-order valence-corrected chi connectivity index (χ0v) is 30.6. The van der Waals surface area contributed by atoms with Crippen LogP contribution in [0.2, 0.25) is 6.04 Å². The van der Waals surface area contributed by atoms with Crippen LogP contribution in [-0.4, -0.2) is 35.5 Å². The van der Waals surface area contributed by atoms with Crippen LogP contribution in [0.1, 0.15) is 6.42 Å². The summed E-state index contributed by atoms with van der Waals surface area (Å²) in [6.45, 7) is 0. The first-order chi connectivity index (χ1) is 24.9. The van der Waals surface area contributed by atoms with E-state index in [1.54, 1.807) is 0 Å². The van der Waals surface area contributed by atoms with Crippen molar-refractivity contribution in [3.8, 4) is 0 Å². The van der Waals surface area contributed by atoms with Crippen molar-refractivity contribution in [3.63, 3.8) is 0 Å². The molecule has 0 heterocycles. The van der Waals surface area contributed by atoms with E-state index in [0.29, 0.717) is 6.42 Å². The lowest BCUT2D eigenvalue weighted by molar-refractivity contribution is 0.227. The maximum atomic E-state index is 9.49. The fourth-order valence-electron chi connectivity index (χ4n) is 7.56. The van der Waals surface area contributed by atoms with Crippen LogP contribution >= 0.6 is 7.26 Å². The molecule has 3 N–H and O–H groups in total. The molecule has 3 nitrogen and oxygen atoms in total. The minimum Gasteiger partial charge on any atom is -0.390 e. The topological polar surface area (TPSA) is 60.7 Å². The van der Waals surface area contributed by atoms with Crippen molar-refractivity contribution in [3.05, 3.63) is 212 Å². The molecular formula is C45H44BO3PSi. The van der Waals surface area contributed by atoms with Gasteiger partial charge in [-0.25, -0.2) is 0 Å². The zero-order valence-electron chi connectivity index (χ0n) is 28.7. The van der Waals surface area contributed by atoms with E-state index in [9.17, 15) is 14.4 Å². The second-order valence-electron chi connectivity index (χ2n) is 12.9. The van der Waals surface area contributed by atoms with Crippen molar-refractivity contribution in [2.45, 2.75) is 12.5 Å². The second kappa shape index (κ2) is 16.9. The van der Waals surface area contributed by atoms with Crippen molar-refractivity contribution < 1.29 is 14.4 Å². The van der Waals surface area contributed by atoms with Gasteiger partial charge in [0.15, 0.2) is 0 Å². The third-order valence-corrected chi connectivity index (χ3v) is 15.3. The summed E-state index contributed by atoms with van der Waals surface area (Å²) in [5.41, 5.74) is 5.36. The number of benzene rings is 7. The van der Waals surface area contributed by atoms with Gasteiger partial charge in [0.25, 0.3) is 0 Å². The highest BCUT2D eigenvalue weighted by molar-refractivity contribution is 7.95. The monoisotopic (exact) mass is 702 g/mol. The first-order valence-corrected chi connectivity index (χ1v) is 21.6. The van der Waals surface area contributed by atoms with Gasteiger partial charge in [0.2, 0.25) is 0 Å². The Hall–Kier alpha value is -4.87. The summed E-state index contributed by atoms with van der Waals surface area (Å²) in [5, 5.41) is 3.79. The molecule has 0 aliphatic heterocycles. The predicted octanol–water partition coefficient (Wildman–Crippen LogP) is 5.35. The Bertz CT molecular complexity index is 1770. The molecule has 7 aromatic carbocycles. The summed E-state index contributed by atoms with van der Waals surface area (Å²) < 4.78 is 0. The van der Waals surface area contributed by atoms with Gasteiger partial charge in [-0.1, -0.05) is 176 Å². The van der Waals surface area contributed by atoms with Gasteiger partial charge in [0, 0.05) is 6.04 Å². The minimum absolute atomic E-state index is 0.0568. The third kappa shape index (κ3) is 8.21. The number of rotatable bonds is 11. The average Bonchev–Trinajstić information content (AvgIpc) is 3.20. The molecule has 0 saturated carbocycles. The molecular weight excluding hydrogens is 658 g/mol. The molecule has 7 aromatic rings. The highest BCUT2D eigenvalue weighted by Crippen LogP contribution is 2.56. The van der Waals surface area contributed by atoms with Gasteiger partial charge in [-0.2, -0.15) is 21.9 Å². The van der Waals surface area contributed by atoms with Gasteiger partial charge < -0.3 is 14.4 Å². The van der Waals surface area contributed by atoms with E-state index in [1.165, 1.54) is 37.8 Å². The predicted molar refractivity (Wildman–Crippen MR) is 222 cm³/mol. The van der Waals surface area contributed by atoms with Crippen LogP contribution in [0.3, 0.4) is 0 Å². The number of hydrogen-bond donors (Lipinski definition) is 3. The number of hydrogen-bond acceptors (Lipinski definition) is 3. The Morgan fingerprint density at radius 3 is 0.824 bits per heavy atom. The van der Waals surface area contributed by atoms with Crippen molar-refractivity contribution in [2.24, 2.45) is 0 Å².